The first-order valence-corrected chi connectivity index (χ1v) is 4.85. The first kappa shape index (κ1) is 12.5. The second-order valence-electron chi connectivity index (χ2n) is 3.37. The Morgan fingerprint density at radius 1 is 1.31 bits per heavy atom. The van der Waals surface area contributed by atoms with Crippen molar-refractivity contribution in [3.8, 4) is 0 Å². The van der Waals surface area contributed by atoms with E-state index in [0.29, 0.717) is 12.1 Å². The molecular weight excluding hydrogens is 208 g/mol. The maximum Gasteiger partial charge on any atom is 0.105 e. The first-order valence-electron chi connectivity index (χ1n) is 4.85. The third kappa shape index (κ3) is 3.22. The van der Waals surface area contributed by atoms with E-state index in [1.54, 1.807) is 24.3 Å². The van der Waals surface area contributed by atoms with Gasteiger partial charge < -0.3 is 15.9 Å². The van der Waals surface area contributed by atoms with Gasteiger partial charge in [-0.1, -0.05) is 29.4 Å². The molecule has 0 saturated heterocycles. The second-order valence-corrected chi connectivity index (χ2v) is 3.37. The van der Waals surface area contributed by atoms with E-state index >= 15 is 0 Å². The Bertz CT molecular complexity index is 373. The van der Waals surface area contributed by atoms with Crippen LogP contribution in [0.2, 0.25) is 0 Å². The molecule has 0 aliphatic carbocycles. The van der Waals surface area contributed by atoms with E-state index in [0.717, 1.165) is 5.56 Å². The number of nitrogens with two attached hydrogens (primary N) is 1. The van der Waals surface area contributed by atoms with Crippen molar-refractivity contribution in [3.63, 3.8) is 0 Å². The van der Waals surface area contributed by atoms with Crippen molar-refractivity contribution >= 4 is 0 Å². The normalized spacial score (nSPS) is 13.9. The molecule has 6 nitrogen and oxygen atoms in total. The van der Waals surface area contributed by atoms with Crippen LogP contribution in [0.4, 0.5) is 0 Å². The lowest BCUT2D eigenvalue weighted by Gasteiger charge is -2.16. The fourth-order valence-electron chi connectivity index (χ4n) is 1.29. The molecule has 0 aliphatic heterocycles. The molecule has 6 heteroatoms. The summed E-state index contributed by atoms with van der Waals surface area (Å²) in [4.78, 5) is 2.52. The molecule has 0 heterocycles. The van der Waals surface area contributed by atoms with Gasteiger partial charge in [0.05, 0.1) is 12.6 Å². The number of hydrogen-bond donors (Lipinski definition) is 3. The summed E-state index contributed by atoms with van der Waals surface area (Å²) < 4.78 is 0. The Hall–Kier alpha value is -1.59. The van der Waals surface area contributed by atoms with E-state index in [2.05, 4.69) is 10.0 Å². The third-order valence-corrected chi connectivity index (χ3v) is 2.25. The minimum atomic E-state index is -1.10. The fourth-order valence-corrected chi connectivity index (χ4v) is 1.29. The van der Waals surface area contributed by atoms with E-state index in [4.69, 9.17) is 11.3 Å². The Morgan fingerprint density at radius 3 is 2.44 bits per heavy atom. The van der Waals surface area contributed by atoms with Gasteiger partial charge in [-0.25, -0.2) is 0 Å². The summed E-state index contributed by atoms with van der Waals surface area (Å²) in [5.74, 6) is 0. The highest BCUT2D eigenvalue weighted by molar-refractivity contribution is 5.24. The van der Waals surface area contributed by atoms with Gasteiger partial charge in [0, 0.05) is 11.5 Å². The van der Waals surface area contributed by atoms with Crippen LogP contribution >= 0.6 is 0 Å². The summed E-state index contributed by atoms with van der Waals surface area (Å²) in [5.41, 5.74) is 15.0. The van der Waals surface area contributed by atoms with Crippen molar-refractivity contribution in [3.05, 3.63) is 45.8 Å². The number of aliphatic hydroxyl groups excluding tert-OH is 2. The molecule has 1 aromatic rings. The molecular formula is C10H14N4O2. The fraction of sp³-hybridized carbons (Fsp3) is 0.400. The van der Waals surface area contributed by atoms with Crippen LogP contribution in [0.5, 0.6) is 0 Å². The molecule has 0 radical (unpaired) electrons. The third-order valence-electron chi connectivity index (χ3n) is 2.25. The SMILES string of the molecule is [N-]=[N+]=NCC(O)C(O)c1ccc(CN)cc1. The number of hydrogen-bond acceptors (Lipinski definition) is 4. The van der Waals surface area contributed by atoms with Crippen LogP contribution in [0.1, 0.15) is 17.2 Å². The maximum absolute atomic E-state index is 9.71. The van der Waals surface area contributed by atoms with Crippen LogP contribution in [0.3, 0.4) is 0 Å². The molecule has 1 aromatic carbocycles. The zero-order valence-electron chi connectivity index (χ0n) is 8.69. The zero-order valence-corrected chi connectivity index (χ0v) is 8.69. The van der Waals surface area contributed by atoms with E-state index in [1.165, 1.54) is 0 Å². The van der Waals surface area contributed by atoms with Gasteiger partial charge in [-0.3, -0.25) is 0 Å². The minimum absolute atomic E-state index is 0.156. The predicted octanol–water partition coefficient (Wildman–Crippen LogP) is 0.850. The van der Waals surface area contributed by atoms with Crippen molar-refractivity contribution in [2.24, 2.45) is 10.8 Å². The van der Waals surface area contributed by atoms with E-state index in [-0.39, 0.29) is 6.54 Å². The summed E-state index contributed by atoms with van der Waals surface area (Å²) in [6.45, 7) is 0.272. The molecule has 0 aromatic heterocycles. The van der Waals surface area contributed by atoms with Gasteiger partial charge >= 0.3 is 0 Å². The average molecular weight is 222 g/mol. The van der Waals surface area contributed by atoms with Crippen LogP contribution in [0.15, 0.2) is 29.4 Å². The Kier molecular flexibility index (Phi) is 4.75. The van der Waals surface area contributed by atoms with Gasteiger partial charge in [-0.15, -0.1) is 0 Å². The monoisotopic (exact) mass is 222 g/mol. The van der Waals surface area contributed by atoms with Crippen LogP contribution < -0.4 is 5.73 Å². The van der Waals surface area contributed by atoms with Crippen LogP contribution in [0, 0.1) is 0 Å². The topological polar surface area (TPSA) is 115 Å². The number of rotatable bonds is 5. The van der Waals surface area contributed by atoms with Gasteiger partial charge in [0.1, 0.15) is 6.10 Å². The summed E-state index contributed by atoms with van der Waals surface area (Å²) in [6, 6.07) is 6.93. The predicted molar refractivity (Wildman–Crippen MR) is 59.3 cm³/mol. The average Bonchev–Trinajstić information content (AvgIpc) is 2.35. The maximum atomic E-state index is 9.71. The molecule has 2 atom stereocenters. The van der Waals surface area contributed by atoms with Crippen molar-refractivity contribution < 1.29 is 10.2 Å². The van der Waals surface area contributed by atoms with E-state index in [1.807, 2.05) is 0 Å². The lowest BCUT2D eigenvalue weighted by Crippen LogP contribution is -2.21. The van der Waals surface area contributed by atoms with E-state index in [9.17, 15) is 10.2 Å². The highest BCUT2D eigenvalue weighted by Gasteiger charge is 2.17. The van der Waals surface area contributed by atoms with Crippen molar-refractivity contribution in [1.29, 1.82) is 0 Å². The molecule has 86 valence electrons. The van der Waals surface area contributed by atoms with Crippen LogP contribution in [-0.2, 0) is 6.54 Å². The summed E-state index contributed by atoms with van der Waals surface area (Å²) in [5, 5.41) is 22.4. The highest BCUT2D eigenvalue weighted by Crippen LogP contribution is 2.17. The molecule has 0 aliphatic rings. The van der Waals surface area contributed by atoms with Crippen molar-refractivity contribution in [1.82, 2.24) is 0 Å². The van der Waals surface area contributed by atoms with Gasteiger partial charge in [0.15, 0.2) is 0 Å². The van der Waals surface area contributed by atoms with Crippen LogP contribution in [0.25, 0.3) is 10.4 Å². The summed E-state index contributed by atoms with van der Waals surface area (Å²) in [7, 11) is 0. The highest BCUT2D eigenvalue weighted by atomic mass is 16.3. The number of benzene rings is 1. The molecule has 0 fully saturated rings. The Balaban J connectivity index is 2.71. The molecule has 0 bridgehead atoms. The number of nitrogens with zero attached hydrogens (tertiary/aromatic N) is 3. The molecule has 0 amide bonds. The van der Waals surface area contributed by atoms with Gasteiger partial charge in [0.25, 0.3) is 0 Å². The van der Waals surface area contributed by atoms with Gasteiger partial charge in [-0.05, 0) is 16.7 Å². The van der Waals surface area contributed by atoms with Gasteiger partial charge in [0.2, 0.25) is 0 Å². The lowest BCUT2D eigenvalue weighted by molar-refractivity contribution is 0.0244. The number of aliphatic hydroxyl groups is 2. The largest absolute Gasteiger partial charge is 0.390 e. The van der Waals surface area contributed by atoms with Crippen molar-refractivity contribution in [2.75, 3.05) is 6.54 Å². The van der Waals surface area contributed by atoms with Crippen molar-refractivity contribution in [2.45, 2.75) is 18.8 Å². The lowest BCUT2D eigenvalue weighted by atomic mass is 10.0. The summed E-state index contributed by atoms with van der Waals surface area (Å²) >= 11 is 0. The molecule has 4 N–H and O–H groups in total. The van der Waals surface area contributed by atoms with Gasteiger partial charge in [-0.2, -0.15) is 0 Å². The summed E-state index contributed by atoms with van der Waals surface area (Å²) in [6.07, 6.45) is -2.16. The second kappa shape index (κ2) is 6.09. The Labute approximate surface area is 93.0 Å². The molecule has 0 saturated carbocycles. The molecule has 1 rings (SSSR count). The van der Waals surface area contributed by atoms with E-state index < -0.39 is 12.2 Å². The smallest absolute Gasteiger partial charge is 0.105 e. The standard InChI is InChI=1S/C10H14N4O2/c11-5-7-1-3-8(4-2-7)10(16)9(15)6-13-14-12/h1-4,9-10,15-16H,5-6,11H2. The molecule has 2 unspecified atom stereocenters. The number of azide groups is 1. The molecule has 0 spiro atoms. The zero-order chi connectivity index (χ0) is 12.0. The minimum Gasteiger partial charge on any atom is -0.390 e. The van der Waals surface area contributed by atoms with Crippen LogP contribution in [-0.4, -0.2) is 22.9 Å². The Morgan fingerprint density at radius 2 is 1.94 bits per heavy atom. The first-order chi connectivity index (χ1) is 7.69. The quantitative estimate of drug-likeness (QED) is 0.389. The molecule has 16 heavy (non-hydrogen) atoms.